The fourth-order valence-corrected chi connectivity index (χ4v) is 3.14. The third kappa shape index (κ3) is 2.66. The highest BCUT2D eigenvalue weighted by atomic mass is 32.1. The van der Waals surface area contributed by atoms with E-state index in [1.165, 1.54) is 4.88 Å². The summed E-state index contributed by atoms with van der Waals surface area (Å²) in [5.41, 5.74) is 2.72. The molecule has 0 aromatic carbocycles. The molecular weight excluding hydrogens is 294 g/mol. The molecule has 0 atom stereocenters. The number of aryl methyl sites for hydroxylation is 2. The quantitative estimate of drug-likeness (QED) is 0.736. The van der Waals surface area contributed by atoms with Gasteiger partial charge in [0.2, 0.25) is 5.95 Å². The molecule has 6 heteroatoms. The van der Waals surface area contributed by atoms with Gasteiger partial charge in [0.15, 0.2) is 5.65 Å². The van der Waals surface area contributed by atoms with Crippen LogP contribution < -0.4 is 4.90 Å². The van der Waals surface area contributed by atoms with Gasteiger partial charge >= 0.3 is 0 Å². The van der Waals surface area contributed by atoms with E-state index >= 15 is 0 Å². The largest absolute Gasteiger partial charge is 0.341 e. The number of anilines is 1. The highest BCUT2D eigenvalue weighted by Crippen LogP contribution is 2.27. The molecule has 0 aliphatic heterocycles. The summed E-state index contributed by atoms with van der Waals surface area (Å²) >= 11 is 1.67. The van der Waals surface area contributed by atoms with Gasteiger partial charge in [-0.25, -0.2) is 15.0 Å². The average Bonchev–Trinajstić information content (AvgIpc) is 2.95. The van der Waals surface area contributed by atoms with E-state index in [0.717, 1.165) is 46.3 Å². The van der Waals surface area contributed by atoms with Crippen molar-refractivity contribution in [2.24, 2.45) is 0 Å². The summed E-state index contributed by atoms with van der Waals surface area (Å²) in [6, 6.07) is 2.09. The zero-order chi connectivity index (χ0) is 15.7. The normalized spacial score (nSPS) is 11.1. The molecule has 0 spiro atoms. The molecule has 3 aromatic rings. The monoisotopic (exact) mass is 313 g/mol. The summed E-state index contributed by atoms with van der Waals surface area (Å²) in [5, 5.41) is 1.97. The van der Waals surface area contributed by atoms with Crippen molar-refractivity contribution in [1.29, 1.82) is 0 Å². The van der Waals surface area contributed by atoms with Crippen LogP contribution >= 0.6 is 11.3 Å². The van der Waals surface area contributed by atoms with Crippen molar-refractivity contribution in [3.63, 3.8) is 0 Å². The Labute approximate surface area is 134 Å². The Morgan fingerprint density at radius 3 is 2.45 bits per heavy atom. The first-order valence-electron chi connectivity index (χ1n) is 7.44. The van der Waals surface area contributed by atoms with Crippen molar-refractivity contribution in [3.8, 4) is 10.6 Å². The first-order chi connectivity index (χ1) is 10.6. The molecule has 0 fully saturated rings. The minimum atomic E-state index is 0.742. The van der Waals surface area contributed by atoms with E-state index in [1.807, 2.05) is 19.3 Å². The van der Waals surface area contributed by atoms with Gasteiger partial charge in [0.25, 0.3) is 0 Å². The molecule has 0 aliphatic rings. The molecule has 5 nitrogen and oxygen atoms in total. The second kappa shape index (κ2) is 5.96. The number of rotatable bonds is 4. The van der Waals surface area contributed by atoms with Crippen molar-refractivity contribution in [2.75, 3.05) is 18.0 Å². The molecule has 0 unspecified atom stereocenters. The fourth-order valence-electron chi connectivity index (χ4n) is 2.40. The summed E-state index contributed by atoms with van der Waals surface area (Å²) in [4.78, 5) is 21.5. The van der Waals surface area contributed by atoms with Crippen molar-refractivity contribution < 1.29 is 0 Å². The van der Waals surface area contributed by atoms with Crippen LogP contribution in [0.5, 0.6) is 0 Å². The van der Waals surface area contributed by atoms with Crippen LogP contribution in [-0.2, 0) is 0 Å². The second-order valence-electron chi connectivity index (χ2n) is 5.15. The van der Waals surface area contributed by atoms with Crippen LogP contribution in [0.25, 0.3) is 21.6 Å². The van der Waals surface area contributed by atoms with E-state index in [2.05, 4.69) is 51.7 Å². The van der Waals surface area contributed by atoms with E-state index in [-0.39, 0.29) is 0 Å². The van der Waals surface area contributed by atoms with Gasteiger partial charge in [-0.1, -0.05) is 0 Å². The summed E-state index contributed by atoms with van der Waals surface area (Å²) in [6.07, 6.45) is 3.73. The Hall–Kier alpha value is -2.08. The lowest BCUT2D eigenvalue weighted by molar-refractivity contribution is 0.821. The smallest absolute Gasteiger partial charge is 0.227 e. The summed E-state index contributed by atoms with van der Waals surface area (Å²) in [5.74, 6) is 0.750. The Bertz CT molecular complexity index is 807. The maximum Gasteiger partial charge on any atom is 0.227 e. The van der Waals surface area contributed by atoms with Crippen LogP contribution in [-0.4, -0.2) is 33.0 Å². The molecule has 114 valence electrons. The molecule has 0 aliphatic carbocycles. The van der Waals surface area contributed by atoms with E-state index in [4.69, 9.17) is 0 Å². The molecule has 0 saturated heterocycles. The van der Waals surface area contributed by atoms with Gasteiger partial charge in [0.05, 0.1) is 5.69 Å². The zero-order valence-corrected chi connectivity index (χ0v) is 14.1. The number of nitrogens with zero attached hydrogens (tertiary/aromatic N) is 5. The van der Waals surface area contributed by atoms with Gasteiger partial charge in [0.1, 0.15) is 5.01 Å². The number of pyridine rings is 1. The molecule has 0 saturated carbocycles. The maximum absolute atomic E-state index is 4.64. The third-order valence-corrected chi connectivity index (χ3v) is 4.61. The maximum atomic E-state index is 4.64. The van der Waals surface area contributed by atoms with Crippen molar-refractivity contribution in [2.45, 2.75) is 27.7 Å². The predicted octanol–water partition coefficient (Wildman–Crippen LogP) is 3.61. The Morgan fingerprint density at radius 1 is 1.05 bits per heavy atom. The molecule has 0 bridgehead atoms. The zero-order valence-electron chi connectivity index (χ0n) is 13.3. The topological polar surface area (TPSA) is 54.8 Å². The number of fused-ring (bicyclic) bond motifs is 1. The van der Waals surface area contributed by atoms with Crippen LogP contribution in [0.1, 0.15) is 24.4 Å². The van der Waals surface area contributed by atoms with Gasteiger partial charge in [-0.2, -0.15) is 4.98 Å². The van der Waals surface area contributed by atoms with E-state index in [9.17, 15) is 0 Å². The van der Waals surface area contributed by atoms with E-state index in [0.29, 0.717) is 0 Å². The minimum absolute atomic E-state index is 0.742. The summed E-state index contributed by atoms with van der Waals surface area (Å²) in [7, 11) is 0. The first kappa shape index (κ1) is 14.8. The van der Waals surface area contributed by atoms with E-state index in [1.54, 1.807) is 11.3 Å². The van der Waals surface area contributed by atoms with Crippen LogP contribution in [0, 0.1) is 13.8 Å². The summed E-state index contributed by atoms with van der Waals surface area (Å²) < 4.78 is 0. The third-order valence-electron chi connectivity index (χ3n) is 3.64. The fraction of sp³-hybridized carbons (Fsp3) is 0.375. The Morgan fingerprint density at radius 2 is 1.82 bits per heavy atom. The number of thiazole rings is 1. The molecular formula is C16H19N5S. The highest BCUT2D eigenvalue weighted by Gasteiger charge is 2.12. The standard InChI is InChI=1S/C16H19N5S/c1-5-21(6-2)16-19-11(4)13-7-12(9-17-14(13)20-16)15-18-8-10(3)22-15/h7-9H,5-6H2,1-4H3. The average molecular weight is 313 g/mol. The summed E-state index contributed by atoms with van der Waals surface area (Å²) in [6.45, 7) is 10.0. The highest BCUT2D eigenvalue weighted by molar-refractivity contribution is 7.14. The first-order valence-corrected chi connectivity index (χ1v) is 8.26. The molecule has 3 heterocycles. The lowest BCUT2D eigenvalue weighted by Gasteiger charge is -2.19. The van der Waals surface area contributed by atoms with Crippen LogP contribution in [0.3, 0.4) is 0 Å². The van der Waals surface area contributed by atoms with Gasteiger partial charge in [0, 0.05) is 41.3 Å². The Kier molecular flexibility index (Phi) is 4.02. The molecule has 0 N–H and O–H groups in total. The lowest BCUT2D eigenvalue weighted by atomic mass is 10.2. The number of hydrogen-bond acceptors (Lipinski definition) is 6. The van der Waals surface area contributed by atoms with Crippen molar-refractivity contribution in [3.05, 3.63) is 29.0 Å². The van der Waals surface area contributed by atoms with Crippen LogP contribution in [0.2, 0.25) is 0 Å². The minimum Gasteiger partial charge on any atom is -0.341 e. The Balaban J connectivity index is 2.10. The van der Waals surface area contributed by atoms with Crippen LogP contribution in [0.4, 0.5) is 5.95 Å². The lowest BCUT2D eigenvalue weighted by Crippen LogP contribution is -2.24. The van der Waals surface area contributed by atoms with Gasteiger partial charge in [-0.15, -0.1) is 11.3 Å². The molecule has 0 amide bonds. The van der Waals surface area contributed by atoms with Crippen LogP contribution in [0.15, 0.2) is 18.5 Å². The van der Waals surface area contributed by atoms with Crippen molar-refractivity contribution >= 4 is 28.3 Å². The molecule has 22 heavy (non-hydrogen) atoms. The van der Waals surface area contributed by atoms with Crippen molar-refractivity contribution in [1.82, 2.24) is 19.9 Å². The second-order valence-corrected chi connectivity index (χ2v) is 6.39. The predicted molar refractivity (Wildman–Crippen MR) is 91.5 cm³/mol. The van der Waals surface area contributed by atoms with Gasteiger partial charge < -0.3 is 4.90 Å². The molecule has 3 aromatic heterocycles. The number of aromatic nitrogens is 4. The SMILES string of the molecule is CCN(CC)c1nc(C)c2cc(-c3ncc(C)s3)cnc2n1. The molecule has 0 radical (unpaired) electrons. The van der Waals surface area contributed by atoms with Gasteiger partial charge in [-0.3, -0.25) is 0 Å². The van der Waals surface area contributed by atoms with Gasteiger partial charge in [-0.05, 0) is 33.8 Å². The number of hydrogen-bond donors (Lipinski definition) is 0. The van der Waals surface area contributed by atoms with E-state index < -0.39 is 0 Å². The molecule has 3 rings (SSSR count).